The molecule has 3 saturated heterocycles. The molecule has 4 atom stereocenters. The largest absolute Gasteiger partial charge is 0.447 e. The predicted octanol–water partition coefficient (Wildman–Crippen LogP) is 3.11. The first-order valence-corrected chi connectivity index (χ1v) is 10.6. The first-order chi connectivity index (χ1) is 14.9. The zero-order valence-electron chi connectivity index (χ0n) is 17.6. The minimum Gasteiger partial charge on any atom is -0.447 e. The minimum atomic E-state index is -0.726. The van der Waals surface area contributed by atoms with Gasteiger partial charge in [-0.1, -0.05) is 60.7 Å². The van der Waals surface area contributed by atoms with Gasteiger partial charge in [0.1, 0.15) is 18.8 Å². The standard InChI is InChI=1S/C24H26N2O5/c1-24(2)30-15-19(31-24)20-21(22(27)25(20)13-16-9-5-3-6-10-16)26-18(14-29-23(26)28)17-11-7-4-8-12-17/h3-12,18-21H,13-15H2,1-2H3/t18-,19+,20-,21+/m0/s1. The van der Waals surface area contributed by atoms with Crippen molar-refractivity contribution >= 4 is 12.0 Å². The number of ether oxygens (including phenoxy) is 3. The molecule has 3 fully saturated rings. The third-order valence-electron chi connectivity index (χ3n) is 6.22. The number of carbonyl (C=O) groups is 2. The van der Waals surface area contributed by atoms with Gasteiger partial charge in [0.15, 0.2) is 5.79 Å². The maximum Gasteiger partial charge on any atom is 0.411 e. The molecule has 7 heteroatoms. The van der Waals surface area contributed by atoms with Crippen LogP contribution >= 0.6 is 0 Å². The summed E-state index contributed by atoms with van der Waals surface area (Å²) in [5, 5.41) is 0. The van der Waals surface area contributed by atoms with E-state index in [0.717, 1.165) is 11.1 Å². The van der Waals surface area contributed by atoms with Crippen LogP contribution in [-0.4, -0.2) is 59.0 Å². The van der Waals surface area contributed by atoms with Crippen molar-refractivity contribution < 1.29 is 23.8 Å². The van der Waals surface area contributed by atoms with Crippen LogP contribution < -0.4 is 0 Å². The van der Waals surface area contributed by atoms with Crippen molar-refractivity contribution in [1.82, 2.24) is 9.80 Å². The second-order valence-corrected chi connectivity index (χ2v) is 8.66. The van der Waals surface area contributed by atoms with Crippen LogP contribution in [0, 0.1) is 0 Å². The quantitative estimate of drug-likeness (QED) is 0.693. The van der Waals surface area contributed by atoms with Crippen LogP contribution in [0.2, 0.25) is 0 Å². The van der Waals surface area contributed by atoms with E-state index in [4.69, 9.17) is 14.2 Å². The average molecular weight is 422 g/mol. The number of rotatable bonds is 5. The van der Waals surface area contributed by atoms with Crippen molar-refractivity contribution in [1.29, 1.82) is 0 Å². The van der Waals surface area contributed by atoms with Gasteiger partial charge in [0.25, 0.3) is 0 Å². The Morgan fingerprint density at radius 3 is 2.29 bits per heavy atom. The molecular formula is C24H26N2O5. The van der Waals surface area contributed by atoms with Gasteiger partial charge in [0, 0.05) is 6.54 Å². The van der Waals surface area contributed by atoms with Crippen LogP contribution in [0.4, 0.5) is 4.79 Å². The van der Waals surface area contributed by atoms with Crippen molar-refractivity contribution in [2.45, 2.75) is 50.4 Å². The summed E-state index contributed by atoms with van der Waals surface area (Å²) in [5.74, 6) is -0.821. The summed E-state index contributed by atoms with van der Waals surface area (Å²) in [7, 11) is 0. The van der Waals surface area contributed by atoms with Gasteiger partial charge in [0.05, 0.1) is 18.7 Å². The zero-order chi connectivity index (χ0) is 21.6. The topological polar surface area (TPSA) is 68.3 Å². The summed E-state index contributed by atoms with van der Waals surface area (Å²) < 4.78 is 17.3. The van der Waals surface area contributed by atoms with Gasteiger partial charge in [-0.05, 0) is 25.0 Å². The Labute approximate surface area is 181 Å². The van der Waals surface area contributed by atoms with Gasteiger partial charge in [0.2, 0.25) is 5.91 Å². The Bertz CT molecular complexity index is 964. The molecule has 0 spiro atoms. The van der Waals surface area contributed by atoms with Crippen molar-refractivity contribution in [3.63, 3.8) is 0 Å². The molecule has 0 N–H and O–H groups in total. The summed E-state index contributed by atoms with van der Waals surface area (Å²) in [4.78, 5) is 29.5. The number of amides is 2. The second kappa shape index (κ2) is 7.66. The van der Waals surface area contributed by atoms with E-state index in [2.05, 4.69) is 0 Å². The molecule has 162 valence electrons. The Morgan fingerprint density at radius 1 is 0.968 bits per heavy atom. The third kappa shape index (κ3) is 3.58. The number of hydrogen-bond acceptors (Lipinski definition) is 5. The monoisotopic (exact) mass is 422 g/mol. The Balaban J connectivity index is 1.46. The molecule has 0 unspecified atom stereocenters. The number of hydrogen-bond donors (Lipinski definition) is 0. The molecule has 3 aliphatic heterocycles. The van der Waals surface area contributed by atoms with Crippen molar-refractivity contribution in [2.75, 3.05) is 13.2 Å². The molecule has 3 aliphatic rings. The molecule has 2 aromatic rings. The van der Waals surface area contributed by atoms with Crippen LogP contribution in [0.3, 0.4) is 0 Å². The highest BCUT2D eigenvalue weighted by atomic mass is 16.7. The fraction of sp³-hybridized carbons (Fsp3) is 0.417. The molecule has 31 heavy (non-hydrogen) atoms. The third-order valence-corrected chi connectivity index (χ3v) is 6.22. The van der Waals surface area contributed by atoms with Gasteiger partial charge in [-0.25, -0.2) is 4.79 Å². The highest BCUT2D eigenvalue weighted by Crippen LogP contribution is 2.41. The van der Waals surface area contributed by atoms with Gasteiger partial charge in [-0.15, -0.1) is 0 Å². The van der Waals surface area contributed by atoms with E-state index in [1.54, 1.807) is 9.80 Å². The molecule has 5 rings (SSSR count). The van der Waals surface area contributed by atoms with E-state index < -0.39 is 17.9 Å². The number of likely N-dealkylation sites (tertiary alicyclic amines) is 1. The first-order valence-electron chi connectivity index (χ1n) is 10.6. The van der Waals surface area contributed by atoms with Crippen molar-refractivity contribution in [3.05, 3.63) is 71.8 Å². The molecular weight excluding hydrogens is 396 g/mol. The van der Waals surface area contributed by atoms with Crippen LogP contribution in [0.5, 0.6) is 0 Å². The van der Waals surface area contributed by atoms with Crippen LogP contribution in [0.1, 0.15) is 31.0 Å². The van der Waals surface area contributed by atoms with Crippen LogP contribution in [0.15, 0.2) is 60.7 Å². The fourth-order valence-corrected chi connectivity index (χ4v) is 4.76. The first kappa shape index (κ1) is 20.0. The van der Waals surface area contributed by atoms with Crippen LogP contribution in [0.25, 0.3) is 0 Å². The van der Waals surface area contributed by atoms with Gasteiger partial charge in [-0.3, -0.25) is 9.69 Å². The minimum absolute atomic E-state index is 0.0954. The van der Waals surface area contributed by atoms with E-state index >= 15 is 0 Å². The maximum atomic E-state index is 13.4. The van der Waals surface area contributed by atoms with Crippen molar-refractivity contribution in [2.24, 2.45) is 0 Å². The molecule has 7 nitrogen and oxygen atoms in total. The number of carbonyl (C=O) groups excluding carboxylic acids is 2. The molecule has 0 radical (unpaired) electrons. The normalized spacial score (nSPS) is 29.7. The maximum absolute atomic E-state index is 13.4. The summed E-state index contributed by atoms with van der Waals surface area (Å²) in [5.41, 5.74) is 1.98. The molecule has 0 aliphatic carbocycles. The summed E-state index contributed by atoms with van der Waals surface area (Å²) in [6, 6.07) is 18.3. The fourth-order valence-electron chi connectivity index (χ4n) is 4.76. The van der Waals surface area contributed by atoms with Gasteiger partial charge < -0.3 is 19.1 Å². The number of β-lactam (4-membered cyclic amide) rings is 1. The van der Waals surface area contributed by atoms with E-state index in [1.165, 1.54) is 0 Å². The molecule has 2 amide bonds. The SMILES string of the molecule is CC1(C)OC[C@H]([C@H]2[C@@H](N3C(=O)OC[C@H]3c3ccccc3)C(=O)N2Cc2ccccc2)O1. The smallest absolute Gasteiger partial charge is 0.411 e. The summed E-state index contributed by atoms with van der Waals surface area (Å²) >= 11 is 0. The zero-order valence-corrected chi connectivity index (χ0v) is 17.6. The molecule has 0 aromatic heterocycles. The van der Waals surface area contributed by atoms with E-state index in [1.807, 2.05) is 74.5 Å². The number of benzene rings is 2. The molecule has 0 bridgehead atoms. The van der Waals surface area contributed by atoms with Crippen LogP contribution in [-0.2, 0) is 25.5 Å². The summed E-state index contributed by atoms with van der Waals surface area (Å²) in [6.07, 6.45) is -0.791. The second-order valence-electron chi connectivity index (χ2n) is 8.66. The number of cyclic esters (lactones) is 1. The molecule has 3 heterocycles. The van der Waals surface area contributed by atoms with Crippen molar-refractivity contribution in [3.8, 4) is 0 Å². The van der Waals surface area contributed by atoms with E-state index in [0.29, 0.717) is 13.2 Å². The highest BCUT2D eigenvalue weighted by molar-refractivity contribution is 5.93. The Kier molecular flexibility index (Phi) is 4.95. The molecule has 2 aromatic carbocycles. The highest BCUT2D eigenvalue weighted by Gasteiger charge is 2.60. The lowest BCUT2D eigenvalue weighted by Crippen LogP contribution is -2.74. The Morgan fingerprint density at radius 2 is 1.65 bits per heavy atom. The molecule has 0 saturated carbocycles. The lowest BCUT2D eigenvalue weighted by atomic mass is 9.87. The lowest BCUT2D eigenvalue weighted by molar-refractivity contribution is -0.182. The predicted molar refractivity (Wildman–Crippen MR) is 112 cm³/mol. The number of nitrogens with zero attached hydrogens (tertiary/aromatic N) is 2. The van der Waals surface area contributed by atoms with Gasteiger partial charge >= 0.3 is 6.09 Å². The van der Waals surface area contributed by atoms with E-state index in [9.17, 15) is 9.59 Å². The Hall–Kier alpha value is -2.90. The van der Waals surface area contributed by atoms with E-state index in [-0.39, 0.29) is 30.7 Å². The van der Waals surface area contributed by atoms with Gasteiger partial charge in [-0.2, -0.15) is 0 Å². The average Bonchev–Trinajstić information content (AvgIpc) is 3.32. The lowest BCUT2D eigenvalue weighted by Gasteiger charge is -2.52. The summed E-state index contributed by atoms with van der Waals surface area (Å²) in [6.45, 7) is 4.78.